The molecule has 0 aliphatic rings. The maximum absolute atomic E-state index is 5.91. The number of rotatable bonds is 5. The lowest BCUT2D eigenvalue weighted by Gasteiger charge is -2.19. The van der Waals surface area contributed by atoms with Crippen LogP contribution < -0.4 is 5.73 Å². The van der Waals surface area contributed by atoms with E-state index in [0.29, 0.717) is 11.6 Å². The molecule has 1 heterocycles. The van der Waals surface area contributed by atoms with Crippen molar-refractivity contribution in [3.05, 3.63) is 59.0 Å². The third-order valence-corrected chi connectivity index (χ3v) is 2.90. The Balaban J connectivity index is 2.00. The van der Waals surface area contributed by atoms with Crippen LogP contribution in [0, 0.1) is 0 Å². The van der Waals surface area contributed by atoms with E-state index in [1.165, 1.54) is 0 Å². The second-order valence-electron chi connectivity index (χ2n) is 4.23. The molecule has 0 fully saturated rings. The van der Waals surface area contributed by atoms with Crippen LogP contribution in [-0.4, -0.2) is 6.04 Å². The third-order valence-electron chi connectivity index (χ3n) is 2.64. The summed E-state index contributed by atoms with van der Waals surface area (Å²) in [7, 11) is 0. The van der Waals surface area contributed by atoms with E-state index in [1.54, 1.807) is 6.26 Å². The van der Waals surface area contributed by atoms with E-state index in [-0.39, 0.29) is 12.1 Å². The van der Waals surface area contributed by atoms with Crippen LogP contribution in [0.15, 0.2) is 47.1 Å². The summed E-state index contributed by atoms with van der Waals surface area (Å²) < 4.78 is 11.2. The number of ether oxygens (including phenoxy) is 1. The van der Waals surface area contributed by atoms with Crippen LogP contribution in [0.2, 0.25) is 5.02 Å². The van der Waals surface area contributed by atoms with E-state index in [2.05, 4.69) is 0 Å². The van der Waals surface area contributed by atoms with Gasteiger partial charge in [0, 0.05) is 11.1 Å². The summed E-state index contributed by atoms with van der Waals surface area (Å²) in [6.45, 7) is 2.37. The molecule has 0 aliphatic heterocycles. The minimum atomic E-state index is -0.240. The van der Waals surface area contributed by atoms with Crippen molar-refractivity contribution < 1.29 is 9.15 Å². The molecule has 0 bridgehead atoms. The van der Waals surface area contributed by atoms with Gasteiger partial charge in [-0.3, -0.25) is 0 Å². The first kappa shape index (κ1) is 13.1. The fourth-order valence-electron chi connectivity index (χ4n) is 1.71. The average molecular weight is 266 g/mol. The maximum Gasteiger partial charge on any atom is 0.134 e. The molecular formula is C14H16ClNO2. The average Bonchev–Trinajstić information content (AvgIpc) is 2.85. The smallest absolute Gasteiger partial charge is 0.134 e. The lowest BCUT2D eigenvalue weighted by atomic mass is 10.1. The predicted octanol–water partition coefficient (Wildman–Crippen LogP) is 3.54. The van der Waals surface area contributed by atoms with Gasteiger partial charge in [0.1, 0.15) is 11.9 Å². The van der Waals surface area contributed by atoms with Crippen LogP contribution in [0.25, 0.3) is 0 Å². The van der Waals surface area contributed by atoms with Gasteiger partial charge < -0.3 is 14.9 Å². The molecule has 96 valence electrons. The molecular weight excluding hydrogens is 250 g/mol. The van der Waals surface area contributed by atoms with Gasteiger partial charge in [-0.25, -0.2) is 0 Å². The molecule has 0 spiro atoms. The highest BCUT2D eigenvalue weighted by Gasteiger charge is 2.19. The van der Waals surface area contributed by atoms with Crippen molar-refractivity contribution in [2.45, 2.75) is 25.7 Å². The van der Waals surface area contributed by atoms with E-state index >= 15 is 0 Å². The first-order chi connectivity index (χ1) is 8.66. The Kier molecular flexibility index (Phi) is 4.42. The summed E-state index contributed by atoms with van der Waals surface area (Å²) in [6.07, 6.45) is 1.38. The molecule has 18 heavy (non-hydrogen) atoms. The number of benzene rings is 1. The summed E-state index contributed by atoms with van der Waals surface area (Å²) >= 11 is 5.83. The van der Waals surface area contributed by atoms with Crippen molar-refractivity contribution in [2.24, 2.45) is 5.73 Å². The Hall–Kier alpha value is -1.29. The molecule has 0 aliphatic carbocycles. The molecule has 1 aromatic heterocycles. The molecule has 2 unspecified atom stereocenters. The van der Waals surface area contributed by atoms with E-state index < -0.39 is 0 Å². The van der Waals surface area contributed by atoms with Crippen molar-refractivity contribution in [3.8, 4) is 0 Å². The normalized spacial score (nSPS) is 14.4. The van der Waals surface area contributed by atoms with Crippen LogP contribution in [-0.2, 0) is 11.3 Å². The number of hydrogen-bond donors (Lipinski definition) is 1. The van der Waals surface area contributed by atoms with Crippen molar-refractivity contribution in [1.29, 1.82) is 0 Å². The second-order valence-corrected chi connectivity index (χ2v) is 4.67. The predicted molar refractivity (Wildman–Crippen MR) is 71.3 cm³/mol. The fourth-order valence-corrected chi connectivity index (χ4v) is 1.84. The largest absolute Gasteiger partial charge is 0.467 e. The first-order valence-electron chi connectivity index (χ1n) is 5.82. The van der Waals surface area contributed by atoms with Gasteiger partial charge in [0.25, 0.3) is 0 Å². The van der Waals surface area contributed by atoms with E-state index in [0.717, 1.165) is 11.3 Å². The van der Waals surface area contributed by atoms with Gasteiger partial charge in [0.15, 0.2) is 0 Å². The zero-order valence-electron chi connectivity index (χ0n) is 10.2. The van der Waals surface area contributed by atoms with Crippen LogP contribution in [0.1, 0.15) is 24.4 Å². The van der Waals surface area contributed by atoms with E-state index in [9.17, 15) is 0 Å². The van der Waals surface area contributed by atoms with Gasteiger partial charge >= 0.3 is 0 Å². The summed E-state index contributed by atoms with van der Waals surface area (Å²) in [5, 5.41) is 0.716. The molecule has 2 N–H and O–H groups in total. The molecule has 0 saturated heterocycles. The molecule has 0 radical (unpaired) electrons. The summed E-state index contributed by atoms with van der Waals surface area (Å²) in [5.41, 5.74) is 6.96. The van der Waals surface area contributed by atoms with Crippen molar-refractivity contribution in [3.63, 3.8) is 0 Å². The molecule has 4 heteroatoms. The van der Waals surface area contributed by atoms with Crippen LogP contribution >= 0.6 is 11.6 Å². The minimum Gasteiger partial charge on any atom is -0.467 e. The van der Waals surface area contributed by atoms with E-state index in [4.69, 9.17) is 26.5 Å². The Labute approximate surface area is 111 Å². The number of nitrogens with two attached hydrogens (primary N) is 1. The fraction of sp³-hybridized carbons (Fsp3) is 0.286. The highest BCUT2D eigenvalue weighted by Crippen LogP contribution is 2.22. The highest BCUT2D eigenvalue weighted by molar-refractivity contribution is 6.30. The van der Waals surface area contributed by atoms with Gasteiger partial charge in [-0.15, -0.1) is 0 Å². The Morgan fingerprint density at radius 1 is 1.28 bits per heavy atom. The monoisotopic (exact) mass is 265 g/mol. The van der Waals surface area contributed by atoms with Crippen LogP contribution in [0.4, 0.5) is 0 Å². The van der Waals surface area contributed by atoms with E-state index in [1.807, 2.05) is 43.3 Å². The second kappa shape index (κ2) is 6.05. The van der Waals surface area contributed by atoms with Crippen molar-refractivity contribution in [2.75, 3.05) is 0 Å². The molecule has 2 aromatic rings. The first-order valence-corrected chi connectivity index (χ1v) is 6.19. The molecule has 3 nitrogen and oxygen atoms in total. The van der Waals surface area contributed by atoms with Gasteiger partial charge in [-0.2, -0.15) is 0 Å². The SMILES string of the molecule is CC(N)C(OCc1ccc(Cl)cc1)c1ccco1. The van der Waals surface area contributed by atoms with Gasteiger partial charge in [0.05, 0.1) is 12.9 Å². The van der Waals surface area contributed by atoms with Gasteiger partial charge in [-0.05, 0) is 36.8 Å². The topological polar surface area (TPSA) is 48.4 Å². The quantitative estimate of drug-likeness (QED) is 0.900. The summed E-state index contributed by atoms with van der Waals surface area (Å²) in [4.78, 5) is 0. The maximum atomic E-state index is 5.91. The number of hydrogen-bond acceptors (Lipinski definition) is 3. The Morgan fingerprint density at radius 3 is 2.56 bits per heavy atom. The van der Waals surface area contributed by atoms with Crippen LogP contribution in [0.5, 0.6) is 0 Å². The van der Waals surface area contributed by atoms with Gasteiger partial charge in [0.2, 0.25) is 0 Å². The lowest BCUT2D eigenvalue weighted by Crippen LogP contribution is -2.26. The van der Waals surface area contributed by atoms with Crippen LogP contribution in [0.3, 0.4) is 0 Å². The minimum absolute atomic E-state index is 0.136. The summed E-state index contributed by atoms with van der Waals surface area (Å²) in [6, 6.07) is 11.1. The zero-order valence-corrected chi connectivity index (χ0v) is 10.9. The number of furan rings is 1. The lowest BCUT2D eigenvalue weighted by molar-refractivity contribution is 0.0120. The Morgan fingerprint density at radius 2 is 2.00 bits per heavy atom. The number of halogens is 1. The van der Waals surface area contributed by atoms with Crippen molar-refractivity contribution in [1.82, 2.24) is 0 Å². The highest BCUT2D eigenvalue weighted by atomic mass is 35.5. The molecule has 1 aromatic carbocycles. The molecule has 2 rings (SSSR count). The molecule has 0 saturated carbocycles. The summed E-state index contributed by atoms with van der Waals surface area (Å²) in [5.74, 6) is 0.749. The standard InChI is InChI=1S/C14H16ClNO2/c1-10(16)14(13-3-2-8-17-13)18-9-11-4-6-12(15)7-5-11/h2-8,10,14H,9,16H2,1H3. The Bertz CT molecular complexity index is 465. The zero-order chi connectivity index (χ0) is 13.0. The van der Waals surface area contributed by atoms with Crippen molar-refractivity contribution >= 4 is 11.6 Å². The van der Waals surface area contributed by atoms with Gasteiger partial charge in [-0.1, -0.05) is 23.7 Å². The third kappa shape index (κ3) is 3.35. The molecule has 2 atom stereocenters. The molecule has 0 amide bonds.